The molecule has 0 atom stereocenters. The molecule has 1 aromatic carbocycles. The number of hydrogen-bond donors (Lipinski definition) is 1. The Balaban J connectivity index is 2.27. The summed E-state index contributed by atoms with van der Waals surface area (Å²) in [6, 6.07) is 8.86. The van der Waals surface area contributed by atoms with E-state index in [1.807, 2.05) is 12.1 Å². The molecule has 0 saturated carbocycles. The Hall–Kier alpha value is -1.06. The molecule has 0 aliphatic carbocycles. The van der Waals surface area contributed by atoms with E-state index in [1.165, 1.54) is 5.56 Å². The lowest BCUT2D eigenvalue weighted by atomic mass is 10.2. The van der Waals surface area contributed by atoms with Crippen LogP contribution in [-0.2, 0) is 6.54 Å². The summed E-state index contributed by atoms with van der Waals surface area (Å²) in [4.78, 5) is 2.17. The van der Waals surface area contributed by atoms with Gasteiger partial charge in [-0.2, -0.15) is 0 Å². The molecule has 1 aromatic rings. The monoisotopic (exact) mass is 250 g/mol. The van der Waals surface area contributed by atoms with Crippen molar-refractivity contribution in [3.8, 4) is 5.75 Å². The highest BCUT2D eigenvalue weighted by Gasteiger charge is 1.97. The van der Waals surface area contributed by atoms with E-state index in [9.17, 15) is 0 Å². The molecule has 1 rings (SSSR count). The summed E-state index contributed by atoms with van der Waals surface area (Å²) >= 11 is 0. The van der Waals surface area contributed by atoms with E-state index in [0.29, 0.717) is 6.04 Å². The van der Waals surface area contributed by atoms with Crippen molar-refractivity contribution in [2.45, 2.75) is 32.9 Å². The average molecular weight is 250 g/mol. The van der Waals surface area contributed by atoms with Crippen LogP contribution in [0.1, 0.15) is 25.8 Å². The highest BCUT2D eigenvalue weighted by Crippen LogP contribution is 2.12. The first kappa shape index (κ1) is 15.0. The van der Waals surface area contributed by atoms with Crippen molar-refractivity contribution in [2.24, 2.45) is 0 Å². The van der Waals surface area contributed by atoms with Gasteiger partial charge in [-0.15, -0.1) is 0 Å². The zero-order valence-corrected chi connectivity index (χ0v) is 12.1. The Bertz CT molecular complexity index is 320. The van der Waals surface area contributed by atoms with Gasteiger partial charge in [0.05, 0.1) is 6.61 Å². The third-order valence-corrected chi connectivity index (χ3v) is 2.66. The maximum Gasteiger partial charge on any atom is 0.119 e. The Kier molecular flexibility index (Phi) is 6.76. The number of nitrogens with one attached hydrogen (secondary N) is 1. The van der Waals surface area contributed by atoms with Crippen molar-refractivity contribution in [1.82, 2.24) is 10.2 Å². The minimum absolute atomic E-state index is 0.520. The summed E-state index contributed by atoms with van der Waals surface area (Å²) in [5, 5.41) is 3.40. The zero-order chi connectivity index (χ0) is 13.4. The van der Waals surface area contributed by atoms with E-state index < -0.39 is 0 Å². The number of benzene rings is 1. The molecule has 0 saturated heterocycles. The molecule has 0 amide bonds. The lowest BCUT2D eigenvalue weighted by Gasteiger charge is -2.11. The van der Waals surface area contributed by atoms with Gasteiger partial charge in [-0.05, 0) is 38.2 Å². The van der Waals surface area contributed by atoms with E-state index in [4.69, 9.17) is 4.74 Å². The molecular weight excluding hydrogens is 224 g/mol. The maximum atomic E-state index is 5.69. The molecule has 0 radical (unpaired) electrons. The smallest absolute Gasteiger partial charge is 0.119 e. The second-order valence-corrected chi connectivity index (χ2v) is 5.18. The van der Waals surface area contributed by atoms with Crippen LogP contribution < -0.4 is 10.1 Å². The van der Waals surface area contributed by atoms with Gasteiger partial charge >= 0.3 is 0 Å². The second-order valence-electron chi connectivity index (χ2n) is 5.18. The molecule has 102 valence electrons. The van der Waals surface area contributed by atoms with E-state index in [1.54, 1.807) is 0 Å². The number of ether oxygens (including phenoxy) is 1. The predicted octanol–water partition coefficient (Wildman–Crippen LogP) is 2.52. The normalized spacial score (nSPS) is 11.2. The van der Waals surface area contributed by atoms with Crippen LogP contribution in [0.5, 0.6) is 5.75 Å². The largest absolute Gasteiger partial charge is 0.494 e. The Morgan fingerprint density at radius 1 is 1.17 bits per heavy atom. The number of hydrogen-bond acceptors (Lipinski definition) is 3. The molecule has 18 heavy (non-hydrogen) atoms. The molecule has 0 aliphatic rings. The van der Waals surface area contributed by atoms with Crippen LogP contribution >= 0.6 is 0 Å². The molecule has 0 heterocycles. The van der Waals surface area contributed by atoms with Crippen LogP contribution in [0.4, 0.5) is 0 Å². The fourth-order valence-corrected chi connectivity index (χ4v) is 1.60. The molecule has 0 bridgehead atoms. The lowest BCUT2D eigenvalue weighted by molar-refractivity contribution is 0.281. The molecule has 3 heteroatoms. The zero-order valence-electron chi connectivity index (χ0n) is 12.1. The Morgan fingerprint density at radius 3 is 2.39 bits per heavy atom. The van der Waals surface area contributed by atoms with E-state index in [-0.39, 0.29) is 0 Å². The van der Waals surface area contributed by atoms with Gasteiger partial charge < -0.3 is 15.0 Å². The fourth-order valence-electron chi connectivity index (χ4n) is 1.60. The quantitative estimate of drug-likeness (QED) is 0.718. The number of rotatable bonds is 8. The van der Waals surface area contributed by atoms with Gasteiger partial charge in [0.1, 0.15) is 5.75 Å². The van der Waals surface area contributed by atoms with Crippen molar-refractivity contribution >= 4 is 0 Å². The van der Waals surface area contributed by atoms with Gasteiger partial charge in [0, 0.05) is 19.1 Å². The highest BCUT2D eigenvalue weighted by molar-refractivity contribution is 5.27. The predicted molar refractivity (Wildman–Crippen MR) is 77.1 cm³/mol. The van der Waals surface area contributed by atoms with Crippen LogP contribution in [0.2, 0.25) is 0 Å². The van der Waals surface area contributed by atoms with Gasteiger partial charge in [0.25, 0.3) is 0 Å². The van der Waals surface area contributed by atoms with Gasteiger partial charge in [-0.3, -0.25) is 0 Å². The van der Waals surface area contributed by atoms with Gasteiger partial charge in [-0.1, -0.05) is 26.0 Å². The molecule has 0 unspecified atom stereocenters. The van der Waals surface area contributed by atoms with Crippen LogP contribution in [-0.4, -0.2) is 38.2 Å². The standard InChI is InChI=1S/C15H26N2O/c1-13(2)16-12-14-6-8-15(9-7-14)18-11-5-10-17(3)4/h6-9,13,16H,5,10-12H2,1-4H3. The van der Waals surface area contributed by atoms with Gasteiger partial charge in [0.15, 0.2) is 0 Å². The van der Waals surface area contributed by atoms with Crippen molar-refractivity contribution in [1.29, 1.82) is 0 Å². The van der Waals surface area contributed by atoms with E-state index in [2.05, 4.69) is 50.3 Å². The molecule has 0 fully saturated rings. The minimum Gasteiger partial charge on any atom is -0.494 e. The summed E-state index contributed by atoms with van der Waals surface area (Å²) in [6.07, 6.45) is 1.06. The van der Waals surface area contributed by atoms with Crippen molar-refractivity contribution in [3.05, 3.63) is 29.8 Å². The Labute approximate surface area is 111 Å². The molecule has 0 aromatic heterocycles. The topological polar surface area (TPSA) is 24.5 Å². The summed E-state index contributed by atoms with van der Waals surface area (Å²) in [5.74, 6) is 0.960. The number of nitrogens with zero attached hydrogens (tertiary/aromatic N) is 1. The maximum absolute atomic E-state index is 5.69. The fraction of sp³-hybridized carbons (Fsp3) is 0.600. The summed E-state index contributed by atoms with van der Waals surface area (Å²) in [5.41, 5.74) is 1.30. The third-order valence-electron chi connectivity index (χ3n) is 2.66. The first-order valence-electron chi connectivity index (χ1n) is 6.68. The van der Waals surface area contributed by atoms with E-state index >= 15 is 0 Å². The third kappa shape index (κ3) is 6.62. The second kappa shape index (κ2) is 8.11. The van der Waals surface area contributed by atoms with Crippen molar-refractivity contribution in [3.63, 3.8) is 0 Å². The van der Waals surface area contributed by atoms with Crippen LogP contribution in [0, 0.1) is 0 Å². The average Bonchev–Trinajstić information content (AvgIpc) is 2.33. The lowest BCUT2D eigenvalue weighted by Crippen LogP contribution is -2.21. The van der Waals surface area contributed by atoms with Gasteiger partial charge in [0.2, 0.25) is 0 Å². The SMILES string of the molecule is CC(C)NCc1ccc(OCCCN(C)C)cc1. The van der Waals surface area contributed by atoms with Crippen LogP contribution in [0.25, 0.3) is 0 Å². The Morgan fingerprint density at radius 2 is 1.83 bits per heavy atom. The summed E-state index contributed by atoms with van der Waals surface area (Å²) in [7, 11) is 4.16. The molecular formula is C15H26N2O. The first-order valence-corrected chi connectivity index (χ1v) is 6.68. The van der Waals surface area contributed by atoms with Gasteiger partial charge in [-0.25, -0.2) is 0 Å². The highest BCUT2D eigenvalue weighted by atomic mass is 16.5. The minimum atomic E-state index is 0.520. The molecule has 0 spiro atoms. The van der Waals surface area contributed by atoms with Crippen LogP contribution in [0.3, 0.4) is 0 Å². The molecule has 1 N–H and O–H groups in total. The van der Waals surface area contributed by atoms with Crippen molar-refractivity contribution in [2.75, 3.05) is 27.2 Å². The molecule has 3 nitrogen and oxygen atoms in total. The summed E-state index contributed by atoms with van der Waals surface area (Å²) in [6.45, 7) is 7.07. The van der Waals surface area contributed by atoms with Crippen molar-refractivity contribution < 1.29 is 4.74 Å². The van der Waals surface area contributed by atoms with Crippen LogP contribution in [0.15, 0.2) is 24.3 Å². The summed E-state index contributed by atoms with van der Waals surface area (Å²) < 4.78 is 5.69. The first-order chi connectivity index (χ1) is 8.58. The molecule has 0 aliphatic heterocycles. The van der Waals surface area contributed by atoms with E-state index in [0.717, 1.165) is 31.9 Å².